The van der Waals surface area contributed by atoms with Crippen LogP contribution >= 0.6 is 11.3 Å². The van der Waals surface area contributed by atoms with Crippen molar-refractivity contribution in [1.82, 2.24) is 15.1 Å². The fourth-order valence-electron chi connectivity index (χ4n) is 1.73. The zero-order valence-electron chi connectivity index (χ0n) is 10.3. The summed E-state index contributed by atoms with van der Waals surface area (Å²) in [6, 6.07) is 3.48. The van der Waals surface area contributed by atoms with Crippen LogP contribution in [-0.2, 0) is 20.1 Å². The second-order valence-electron chi connectivity index (χ2n) is 4.09. The molecule has 2 heterocycles. The number of nitrogens with one attached hydrogen (secondary N) is 1. The van der Waals surface area contributed by atoms with Gasteiger partial charge in [-0.25, -0.2) is 4.79 Å². The first-order chi connectivity index (χ1) is 8.56. The predicted molar refractivity (Wildman–Crippen MR) is 69.8 cm³/mol. The Morgan fingerprint density at radius 1 is 1.50 bits per heavy atom. The van der Waals surface area contributed by atoms with E-state index in [-0.39, 0.29) is 0 Å². The summed E-state index contributed by atoms with van der Waals surface area (Å²) in [6.07, 6.45) is 1.99. The lowest BCUT2D eigenvalue weighted by Crippen LogP contribution is -2.11. The number of carboxylic acid groups (broad SMARTS) is 1. The van der Waals surface area contributed by atoms with Crippen LogP contribution in [0, 0.1) is 6.92 Å². The zero-order valence-corrected chi connectivity index (χ0v) is 11.1. The molecule has 0 atom stereocenters. The first kappa shape index (κ1) is 12.8. The molecule has 0 aliphatic heterocycles. The zero-order chi connectivity index (χ0) is 13.1. The minimum Gasteiger partial charge on any atom is -0.477 e. The first-order valence-electron chi connectivity index (χ1n) is 5.58. The Morgan fingerprint density at radius 3 is 2.83 bits per heavy atom. The minimum atomic E-state index is -0.866. The van der Waals surface area contributed by atoms with E-state index in [4.69, 9.17) is 5.11 Å². The third kappa shape index (κ3) is 2.96. The fraction of sp³-hybridized carbons (Fsp3) is 0.333. The van der Waals surface area contributed by atoms with Crippen molar-refractivity contribution in [3.8, 4) is 0 Å². The molecule has 18 heavy (non-hydrogen) atoms. The molecule has 96 valence electrons. The normalized spacial score (nSPS) is 10.8. The van der Waals surface area contributed by atoms with Crippen molar-refractivity contribution in [3.63, 3.8) is 0 Å². The Balaban J connectivity index is 1.88. The molecule has 2 aromatic rings. The molecule has 2 aromatic heterocycles. The Kier molecular flexibility index (Phi) is 3.78. The van der Waals surface area contributed by atoms with Gasteiger partial charge in [0, 0.05) is 36.8 Å². The highest BCUT2D eigenvalue weighted by atomic mass is 32.1. The van der Waals surface area contributed by atoms with E-state index in [0.717, 1.165) is 22.7 Å². The summed E-state index contributed by atoms with van der Waals surface area (Å²) < 4.78 is 1.79. The van der Waals surface area contributed by atoms with Gasteiger partial charge in [0.2, 0.25) is 0 Å². The number of rotatable bonds is 5. The number of carboxylic acids is 1. The summed E-state index contributed by atoms with van der Waals surface area (Å²) in [5.41, 5.74) is 2.18. The second-order valence-corrected chi connectivity index (χ2v) is 5.26. The van der Waals surface area contributed by atoms with Crippen LogP contribution < -0.4 is 5.32 Å². The van der Waals surface area contributed by atoms with Crippen molar-refractivity contribution in [2.75, 3.05) is 0 Å². The number of thiophene rings is 1. The van der Waals surface area contributed by atoms with E-state index < -0.39 is 5.97 Å². The summed E-state index contributed by atoms with van der Waals surface area (Å²) in [5, 5.41) is 16.4. The van der Waals surface area contributed by atoms with Crippen LogP contribution in [0.25, 0.3) is 0 Å². The molecule has 0 aliphatic rings. The molecule has 5 nitrogen and oxygen atoms in total. The van der Waals surface area contributed by atoms with Crippen LogP contribution in [0.5, 0.6) is 0 Å². The average molecular weight is 265 g/mol. The standard InChI is InChI=1S/C12H15N3O2S/c1-8-9(7-15(2)14-8)5-13-6-10-3-4-11(18-10)12(16)17/h3-4,7,13H,5-6H2,1-2H3,(H,16,17). The van der Waals surface area contributed by atoms with Gasteiger partial charge in [0.05, 0.1) is 5.69 Å². The van der Waals surface area contributed by atoms with Crippen molar-refractivity contribution in [3.05, 3.63) is 39.3 Å². The molecule has 0 saturated carbocycles. The number of nitrogens with zero attached hydrogens (tertiary/aromatic N) is 2. The lowest BCUT2D eigenvalue weighted by atomic mass is 10.2. The topological polar surface area (TPSA) is 67.2 Å². The third-order valence-corrected chi connectivity index (χ3v) is 3.68. The number of aromatic nitrogens is 2. The van der Waals surface area contributed by atoms with Gasteiger partial charge in [-0.05, 0) is 19.1 Å². The van der Waals surface area contributed by atoms with Crippen molar-refractivity contribution in [2.45, 2.75) is 20.0 Å². The summed E-state index contributed by atoms with van der Waals surface area (Å²) in [4.78, 5) is 12.1. The number of carbonyl (C=O) groups is 1. The SMILES string of the molecule is Cc1nn(C)cc1CNCc1ccc(C(=O)O)s1. The van der Waals surface area contributed by atoms with E-state index in [1.165, 1.54) is 11.3 Å². The van der Waals surface area contributed by atoms with Gasteiger partial charge in [-0.15, -0.1) is 11.3 Å². The molecule has 0 aromatic carbocycles. The van der Waals surface area contributed by atoms with E-state index in [1.54, 1.807) is 10.7 Å². The van der Waals surface area contributed by atoms with Gasteiger partial charge in [0.1, 0.15) is 4.88 Å². The predicted octanol–water partition coefficient (Wildman–Crippen LogP) is 1.78. The summed E-state index contributed by atoms with van der Waals surface area (Å²) in [5.74, 6) is -0.866. The van der Waals surface area contributed by atoms with Gasteiger partial charge in [0.25, 0.3) is 0 Å². The lowest BCUT2D eigenvalue weighted by Gasteiger charge is -2.01. The van der Waals surface area contributed by atoms with Crippen molar-refractivity contribution >= 4 is 17.3 Å². The molecule has 0 radical (unpaired) electrons. The lowest BCUT2D eigenvalue weighted by molar-refractivity contribution is 0.0702. The molecule has 0 fully saturated rings. The molecule has 0 amide bonds. The minimum absolute atomic E-state index is 0.379. The molecule has 0 spiro atoms. The fourth-order valence-corrected chi connectivity index (χ4v) is 2.55. The highest BCUT2D eigenvalue weighted by Gasteiger charge is 2.07. The number of aromatic carboxylic acids is 1. The maximum Gasteiger partial charge on any atom is 0.345 e. The Labute approximate surface area is 109 Å². The van der Waals surface area contributed by atoms with Gasteiger partial charge < -0.3 is 10.4 Å². The van der Waals surface area contributed by atoms with E-state index in [0.29, 0.717) is 11.4 Å². The smallest absolute Gasteiger partial charge is 0.345 e. The Bertz CT molecular complexity index is 559. The van der Waals surface area contributed by atoms with Crippen LogP contribution in [0.3, 0.4) is 0 Å². The monoisotopic (exact) mass is 265 g/mol. The van der Waals surface area contributed by atoms with E-state index in [9.17, 15) is 4.79 Å². The van der Waals surface area contributed by atoms with Gasteiger partial charge >= 0.3 is 5.97 Å². The van der Waals surface area contributed by atoms with E-state index >= 15 is 0 Å². The average Bonchev–Trinajstić information content (AvgIpc) is 2.87. The van der Waals surface area contributed by atoms with E-state index in [2.05, 4.69) is 10.4 Å². The van der Waals surface area contributed by atoms with Gasteiger partial charge in [-0.3, -0.25) is 4.68 Å². The molecule has 0 saturated heterocycles. The largest absolute Gasteiger partial charge is 0.477 e. The number of hydrogen-bond acceptors (Lipinski definition) is 4. The molecule has 6 heteroatoms. The Morgan fingerprint density at radius 2 is 2.28 bits per heavy atom. The van der Waals surface area contributed by atoms with Crippen LogP contribution in [0.1, 0.15) is 25.8 Å². The quantitative estimate of drug-likeness (QED) is 0.864. The molecule has 0 bridgehead atoms. The van der Waals surface area contributed by atoms with E-state index in [1.807, 2.05) is 26.2 Å². The van der Waals surface area contributed by atoms with Gasteiger partial charge in [0.15, 0.2) is 0 Å². The van der Waals surface area contributed by atoms with Crippen LogP contribution in [0.2, 0.25) is 0 Å². The highest BCUT2D eigenvalue weighted by Crippen LogP contribution is 2.16. The van der Waals surface area contributed by atoms with Crippen LogP contribution in [0.4, 0.5) is 0 Å². The van der Waals surface area contributed by atoms with Crippen LogP contribution in [-0.4, -0.2) is 20.9 Å². The maximum atomic E-state index is 10.7. The number of hydrogen-bond donors (Lipinski definition) is 2. The summed E-state index contributed by atoms with van der Waals surface area (Å²) in [6.45, 7) is 3.39. The molecular formula is C12H15N3O2S. The summed E-state index contributed by atoms with van der Waals surface area (Å²) in [7, 11) is 1.90. The maximum absolute atomic E-state index is 10.7. The summed E-state index contributed by atoms with van der Waals surface area (Å²) >= 11 is 1.30. The Hall–Kier alpha value is -1.66. The third-order valence-electron chi connectivity index (χ3n) is 2.60. The van der Waals surface area contributed by atoms with Crippen LogP contribution in [0.15, 0.2) is 18.3 Å². The number of aryl methyl sites for hydroxylation is 2. The molecule has 2 N–H and O–H groups in total. The molecule has 0 aliphatic carbocycles. The van der Waals surface area contributed by atoms with Crippen molar-refractivity contribution in [2.24, 2.45) is 7.05 Å². The molecular weight excluding hydrogens is 250 g/mol. The molecule has 0 unspecified atom stereocenters. The molecule has 2 rings (SSSR count). The van der Waals surface area contributed by atoms with Gasteiger partial charge in [-0.1, -0.05) is 0 Å². The second kappa shape index (κ2) is 5.32. The highest BCUT2D eigenvalue weighted by molar-refractivity contribution is 7.13. The van der Waals surface area contributed by atoms with Gasteiger partial charge in [-0.2, -0.15) is 5.10 Å². The van der Waals surface area contributed by atoms with Crippen molar-refractivity contribution < 1.29 is 9.90 Å². The van der Waals surface area contributed by atoms with Crippen molar-refractivity contribution in [1.29, 1.82) is 0 Å². The first-order valence-corrected chi connectivity index (χ1v) is 6.40.